The van der Waals surface area contributed by atoms with E-state index in [4.69, 9.17) is 8.94 Å². The van der Waals surface area contributed by atoms with Crippen LogP contribution in [0.1, 0.15) is 25.6 Å². The van der Waals surface area contributed by atoms with E-state index in [1.54, 1.807) is 25.3 Å². The lowest BCUT2D eigenvalue weighted by atomic mass is 9.80. The van der Waals surface area contributed by atoms with E-state index in [0.717, 1.165) is 0 Å². The van der Waals surface area contributed by atoms with Crippen molar-refractivity contribution < 1.29 is 18.8 Å². The van der Waals surface area contributed by atoms with Crippen LogP contribution in [0, 0.1) is 5.41 Å². The first kappa shape index (κ1) is 13.8. The second kappa shape index (κ2) is 5.33. The molecule has 0 atom stereocenters. The van der Waals surface area contributed by atoms with E-state index >= 15 is 0 Å². The molecule has 21 heavy (non-hydrogen) atoms. The molecule has 1 aliphatic heterocycles. The third kappa shape index (κ3) is 2.82. The molecule has 1 fully saturated rings. The fraction of sp³-hybridized carbons (Fsp3) is 0.500. The molecule has 112 valence electrons. The molecule has 1 N–H and O–H groups in total. The lowest BCUT2D eigenvalue weighted by Crippen LogP contribution is -2.42. The fourth-order valence-electron chi connectivity index (χ4n) is 2.44. The van der Waals surface area contributed by atoms with Crippen LogP contribution < -0.4 is 0 Å². The summed E-state index contributed by atoms with van der Waals surface area (Å²) in [6.45, 7) is 3.79. The molecule has 3 heterocycles. The molecule has 1 aliphatic rings. The average Bonchev–Trinajstić information content (AvgIpc) is 3.12. The number of hydrogen-bond donors (Lipinski definition) is 1. The van der Waals surface area contributed by atoms with Gasteiger partial charge >= 0.3 is 5.97 Å². The summed E-state index contributed by atoms with van der Waals surface area (Å²) in [4.78, 5) is 17.6. The molecule has 7 nitrogen and oxygen atoms in total. The summed E-state index contributed by atoms with van der Waals surface area (Å²) >= 11 is 0. The number of carboxylic acid groups (broad SMARTS) is 1. The Hall–Kier alpha value is -2.15. The number of aliphatic carboxylic acids is 1. The smallest absolute Gasteiger partial charge is 0.309 e. The van der Waals surface area contributed by atoms with Crippen LogP contribution in [0.2, 0.25) is 0 Å². The molecule has 3 rings (SSSR count). The molecule has 0 amide bonds. The summed E-state index contributed by atoms with van der Waals surface area (Å²) in [7, 11) is 0. The molecule has 7 heteroatoms. The second-order valence-corrected chi connectivity index (χ2v) is 5.64. The highest BCUT2D eigenvalue weighted by Gasteiger charge is 2.37. The van der Waals surface area contributed by atoms with Crippen LogP contribution in [0.4, 0.5) is 0 Å². The molecule has 0 saturated carbocycles. The standard InChI is InChI=1S/C14H17N3O4/c1-14(13(18)19)4-6-17(7-5-14)9-11-15-12(21-16-11)10-3-2-8-20-10/h2-3,8H,4-7,9H2,1H3,(H,18,19). The van der Waals surface area contributed by atoms with Crippen LogP contribution in [0.5, 0.6) is 0 Å². The van der Waals surface area contributed by atoms with Gasteiger partial charge in [0.25, 0.3) is 5.89 Å². The minimum atomic E-state index is -0.721. The number of piperidine rings is 1. The van der Waals surface area contributed by atoms with Crippen molar-refractivity contribution in [3.63, 3.8) is 0 Å². The Morgan fingerprint density at radius 2 is 2.24 bits per heavy atom. The lowest BCUT2D eigenvalue weighted by molar-refractivity contribution is -0.150. The first-order valence-corrected chi connectivity index (χ1v) is 6.89. The molecule has 2 aromatic heterocycles. The highest BCUT2D eigenvalue weighted by molar-refractivity contribution is 5.74. The van der Waals surface area contributed by atoms with Gasteiger partial charge in [0.05, 0.1) is 18.2 Å². The van der Waals surface area contributed by atoms with Crippen molar-refractivity contribution >= 4 is 5.97 Å². The maximum Gasteiger partial charge on any atom is 0.309 e. The Bertz CT molecular complexity index is 612. The summed E-state index contributed by atoms with van der Waals surface area (Å²) in [6, 6.07) is 3.52. The fourth-order valence-corrected chi connectivity index (χ4v) is 2.44. The van der Waals surface area contributed by atoms with E-state index < -0.39 is 11.4 Å². The number of hydrogen-bond acceptors (Lipinski definition) is 6. The number of likely N-dealkylation sites (tertiary alicyclic amines) is 1. The van der Waals surface area contributed by atoms with Gasteiger partial charge in [0.15, 0.2) is 11.6 Å². The van der Waals surface area contributed by atoms with Crippen molar-refractivity contribution in [3.8, 4) is 11.7 Å². The minimum absolute atomic E-state index is 0.363. The van der Waals surface area contributed by atoms with Crippen LogP contribution in [-0.2, 0) is 11.3 Å². The third-order valence-electron chi connectivity index (χ3n) is 4.04. The van der Waals surface area contributed by atoms with Crippen molar-refractivity contribution in [1.29, 1.82) is 0 Å². The summed E-state index contributed by atoms with van der Waals surface area (Å²) in [5.41, 5.74) is -0.618. The summed E-state index contributed by atoms with van der Waals surface area (Å²) in [5, 5.41) is 13.1. The SMILES string of the molecule is CC1(C(=O)O)CCN(Cc2noc(-c3ccco3)n2)CC1. The quantitative estimate of drug-likeness (QED) is 0.921. The van der Waals surface area contributed by atoms with Crippen molar-refractivity contribution in [2.24, 2.45) is 5.41 Å². The molecule has 2 aromatic rings. The van der Waals surface area contributed by atoms with Crippen molar-refractivity contribution in [3.05, 3.63) is 24.2 Å². The van der Waals surface area contributed by atoms with Crippen LogP contribution in [0.25, 0.3) is 11.7 Å². The summed E-state index contributed by atoms with van der Waals surface area (Å²) < 4.78 is 10.4. The van der Waals surface area contributed by atoms with E-state index in [0.29, 0.717) is 50.0 Å². The number of carboxylic acids is 1. The Balaban J connectivity index is 1.60. The van der Waals surface area contributed by atoms with E-state index in [1.165, 1.54) is 0 Å². The van der Waals surface area contributed by atoms with Gasteiger partial charge in [0.1, 0.15) is 0 Å². The zero-order valence-electron chi connectivity index (χ0n) is 11.8. The molecular weight excluding hydrogens is 274 g/mol. The highest BCUT2D eigenvalue weighted by atomic mass is 16.5. The molecule has 0 aromatic carbocycles. The van der Waals surface area contributed by atoms with Crippen molar-refractivity contribution in [2.75, 3.05) is 13.1 Å². The number of carbonyl (C=O) groups is 1. The van der Waals surface area contributed by atoms with Gasteiger partial charge in [0.2, 0.25) is 0 Å². The first-order chi connectivity index (χ1) is 10.1. The van der Waals surface area contributed by atoms with E-state index in [1.807, 2.05) is 0 Å². The molecule has 0 aliphatic carbocycles. The maximum atomic E-state index is 11.2. The van der Waals surface area contributed by atoms with Crippen LogP contribution >= 0.6 is 0 Å². The second-order valence-electron chi connectivity index (χ2n) is 5.64. The zero-order valence-corrected chi connectivity index (χ0v) is 11.8. The summed E-state index contributed by atoms with van der Waals surface area (Å²) in [5.74, 6) is 0.773. The van der Waals surface area contributed by atoms with Gasteiger partial charge in [-0.1, -0.05) is 5.16 Å². The lowest BCUT2D eigenvalue weighted by Gasteiger charge is -2.35. The van der Waals surface area contributed by atoms with E-state index in [2.05, 4.69) is 15.0 Å². The predicted molar refractivity (Wildman–Crippen MR) is 72.3 cm³/mol. The van der Waals surface area contributed by atoms with Gasteiger partial charge in [-0.15, -0.1) is 0 Å². The summed E-state index contributed by atoms with van der Waals surface area (Å²) in [6.07, 6.45) is 2.81. The van der Waals surface area contributed by atoms with Gasteiger partial charge in [0, 0.05) is 0 Å². The molecular formula is C14H17N3O4. The van der Waals surface area contributed by atoms with Crippen LogP contribution in [0.3, 0.4) is 0 Å². The van der Waals surface area contributed by atoms with E-state index in [9.17, 15) is 9.90 Å². The van der Waals surface area contributed by atoms with Crippen LogP contribution in [0.15, 0.2) is 27.3 Å². The van der Waals surface area contributed by atoms with Crippen LogP contribution in [-0.4, -0.2) is 39.2 Å². The maximum absolute atomic E-state index is 11.2. The highest BCUT2D eigenvalue weighted by Crippen LogP contribution is 2.31. The third-order valence-corrected chi connectivity index (χ3v) is 4.04. The molecule has 0 spiro atoms. The Kier molecular flexibility index (Phi) is 3.50. The topological polar surface area (TPSA) is 92.6 Å². The predicted octanol–water partition coefficient (Wildman–Crippen LogP) is 2.02. The minimum Gasteiger partial charge on any atom is -0.481 e. The van der Waals surface area contributed by atoms with Gasteiger partial charge in [-0.3, -0.25) is 9.69 Å². The van der Waals surface area contributed by atoms with Gasteiger partial charge in [-0.05, 0) is 45.0 Å². The largest absolute Gasteiger partial charge is 0.481 e. The number of aromatic nitrogens is 2. The monoisotopic (exact) mass is 291 g/mol. The number of furan rings is 1. The molecule has 1 saturated heterocycles. The van der Waals surface area contributed by atoms with Crippen molar-refractivity contribution in [1.82, 2.24) is 15.0 Å². The normalized spacial score (nSPS) is 18.7. The number of nitrogens with zero attached hydrogens (tertiary/aromatic N) is 3. The number of rotatable bonds is 4. The average molecular weight is 291 g/mol. The Morgan fingerprint density at radius 1 is 1.48 bits per heavy atom. The first-order valence-electron chi connectivity index (χ1n) is 6.89. The Labute approximate surface area is 121 Å². The zero-order chi connectivity index (χ0) is 14.9. The van der Waals surface area contributed by atoms with Gasteiger partial charge in [-0.25, -0.2) is 0 Å². The molecule has 0 unspecified atom stereocenters. The Morgan fingerprint density at radius 3 is 2.86 bits per heavy atom. The van der Waals surface area contributed by atoms with Gasteiger partial charge < -0.3 is 14.0 Å². The van der Waals surface area contributed by atoms with E-state index in [-0.39, 0.29) is 0 Å². The van der Waals surface area contributed by atoms with Gasteiger partial charge in [-0.2, -0.15) is 4.98 Å². The molecule has 0 radical (unpaired) electrons. The van der Waals surface area contributed by atoms with Crippen molar-refractivity contribution in [2.45, 2.75) is 26.3 Å². The molecule has 0 bridgehead atoms.